The number of hydrogen-bond donors (Lipinski definition) is 0. The van der Waals surface area contributed by atoms with Crippen molar-refractivity contribution in [3.63, 3.8) is 0 Å². The Kier molecular flexibility index (Phi) is 46.3. The first-order chi connectivity index (χ1) is 11.0. The number of hydrogen-bond acceptors (Lipinski definition) is 10. The summed E-state index contributed by atoms with van der Waals surface area (Å²) in [4.78, 5) is 48.8. The molecule has 0 aliphatic heterocycles. The van der Waals surface area contributed by atoms with Crippen molar-refractivity contribution in [3.8, 4) is 0 Å². The minimum absolute atomic E-state index is 0. The molecule has 0 aromatic carbocycles. The zero-order valence-electron chi connectivity index (χ0n) is 14.0. The fourth-order valence-corrected chi connectivity index (χ4v) is 0.262. The maximum atomic E-state index is 10.3. The van der Waals surface area contributed by atoms with Crippen LogP contribution in [0.25, 0.3) is 0 Å². The highest BCUT2D eigenvalue weighted by Crippen LogP contribution is 1.85. The molecule has 0 saturated carbocycles. The van der Waals surface area contributed by atoms with Gasteiger partial charge in [0.05, 0.1) is 35.5 Å². The van der Waals surface area contributed by atoms with Gasteiger partial charge >= 0.3 is 28.8 Å². The zero-order valence-corrected chi connectivity index (χ0v) is 15.6. The van der Waals surface area contributed by atoms with Crippen LogP contribution in [0.15, 0.2) is 0 Å². The van der Waals surface area contributed by atoms with Crippen LogP contribution >= 0.6 is 23.2 Å². The molecule has 0 radical (unpaired) electrons. The molecule has 0 N–H and O–H groups in total. The minimum Gasteiger partial charge on any atom is -0.469 e. The Morgan fingerprint density at radius 1 is 0.615 bits per heavy atom. The van der Waals surface area contributed by atoms with Crippen LogP contribution in [0.4, 0.5) is 9.59 Å². The molecule has 26 heavy (non-hydrogen) atoms. The van der Waals surface area contributed by atoms with Crippen molar-refractivity contribution < 1.29 is 47.7 Å². The minimum atomic E-state index is -0.773. The smallest absolute Gasteiger partial charge is 0.403 e. The Labute approximate surface area is 163 Å². The van der Waals surface area contributed by atoms with Crippen LogP contribution in [0.1, 0.15) is 28.2 Å². The summed E-state index contributed by atoms with van der Waals surface area (Å²) < 4.78 is 20.2. The lowest BCUT2D eigenvalue weighted by atomic mass is 10.4. The van der Waals surface area contributed by atoms with Gasteiger partial charge < -0.3 is 23.7 Å². The molecular weight excluding hydrogens is 399 g/mol. The predicted octanol–water partition coefficient (Wildman–Crippen LogP) is 3.16. The first-order valence-electron chi connectivity index (χ1n) is 5.67. The number of methoxy groups -OCH3 is 5. The van der Waals surface area contributed by atoms with E-state index in [4.69, 9.17) is 0 Å². The highest BCUT2D eigenvalue weighted by Gasteiger charge is 2.07. The van der Waals surface area contributed by atoms with Crippen molar-refractivity contribution in [1.29, 1.82) is 0 Å². The van der Waals surface area contributed by atoms with Crippen molar-refractivity contribution in [2.45, 2.75) is 28.2 Å². The molecule has 0 aliphatic carbocycles. The summed E-state index contributed by atoms with van der Waals surface area (Å²) in [5.41, 5.74) is -1.55. The molecule has 10 nitrogen and oxygen atoms in total. The summed E-state index contributed by atoms with van der Waals surface area (Å²) in [5.74, 6) is -1.41. The van der Waals surface area contributed by atoms with E-state index in [1.54, 1.807) is 0 Å². The molecule has 0 saturated heterocycles. The van der Waals surface area contributed by atoms with Crippen molar-refractivity contribution in [2.24, 2.45) is 0 Å². The average molecular weight is 427 g/mol. The van der Waals surface area contributed by atoms with Gasteiger partial charge in [-0.15, -0.1) is 0 Å². The van der Waals surface area contributed by atoms with Crippen LogP contribution in [0.2, 0.25) is 0 Å². The summed E-state index contributed by atoms with van der Waals surface area (Å²) in [7, 11) is 6.21. The van der Waals surface area contributed by atoms with E-state index in [1.165, 1.54) is 42.5 Å². The van der Waals surface area contributed by atoms with Gasteiger partial charge in [0, 0.05) is 30.1 Å². The first kappa shape index (κ1) is 39.1. The second kappa shape index (κ2) is 30.8. The molecule has 0 unspecified atom stereocenters. The third-order valence-electron chi connectivity index (χ3n) is 1.35. The predicted molar refractivity (Wildman–Crippen MR) is 96.3 cm³/mol. The molecule has 158 valence electrons. The van der Waals surface area contributed by atoms with E-state index in [0.29, 0.717) is 0 Å². The molecule has 0 fully saturated rings. The Morgan fingerprint density at radius 2 is 0.808 bits per heavy atom. The molecule has 0 amide bonds. The van der Waals surface area contributed by atoms with Gasteiger partial charge in [-0.25, -0.2) is 9.59 Å². The average Bonchev–Trinajstić information content (AvgIpc) is 2.55. The van der Waals surface area contributed by atoms with Crippen LogP contribution in [0, 0.1) is 0 Å². The van der Waals surface area contributed by atoms with Gasteiger partial charge in [0.2, 0.25) is 0 Å². The van der Waals surface area contributed by atoms with Crippen LogP contribution in [0.3, 0.4) is 0 Å². The van der Waals surface area contributed by atoms with Gasteiger partial charge in [0.25, 0.3) is 0 Å². The van der Waals surface area contributed by atoms with E-state index in [1.807, 2.05) is 0 Å². The van der Waals surface area contributed by atoms with Crippen molar-refractivity contribution in [2.75, 3.05) is 35.5 Å². The standard InChI is InChI=1S/C5H8O4.C3H6O2.2C2H3ClO2.2CH4/c1-8-4(6)3-5(7)9-2;1-3(4)5-2;2*1-5-2(3)4;;/h3H2,1-2H3;1-2H3;2*1H3;2*1H4. The maximum Gasteiger partial charge on any atom is 0.403 e. The quantitative estimate of drug-likeness (QED) is 0.280. The number of carbonyl (C=O) groups excluding carboxylic acids is 5. The number of ether oxygens (including phenoxy) is 5. The van der Waals surface area contributed by atoms with Crippen molar-refractivity contribution in [1.82, 2.24) is 0 Å². The molecule has 0 bridgehead atoms. The summed E-state index contributed by atoms with van der Waals surface area (Å²) in [6.45, 7) is 1.36. The van der Waals surface area contributed by atoms with E-state index >= 15 is 0 Å². The largest absolute Gasteiger partial charge is 0.469 e. The summed E-state index contributed by atoms with van der Waals surface area (Å²) in [5, 5.41) is 0. The van der Waals surface area contributed by atoms with Gasteiger partial charge in [-0.3, -0.25) is 14.4 Å². The van der Waals surface area contributed by atoms with Crippen LogP contribution in [0.5, 0.6) is 0 Å². The van der Waals surface area contributed by atoms with Crippen LogP contribution < -0.4 is 0 Å². The van der Waals surface area contributed by atoms with E-state index < -0.39 is 22.8 Å². The third kappa shape index (κ3) is 67.5. The van der Waals surface area contributed by atoms with E-state index in [2.05, 4.69) is 46.9 Å². The molecular formula is C14H28Cl2O10. The topological polar surface area (TPSA) is 132 Å². The SMILES string of the molecule is C.C.COC(=O)CC(=O)OC.COC(=O)Cl.COC(=O)Cl.COC(C)=O. The molecule has 12 heteroatoms. The van der Waals surface area contributed by atoms with Crippen molar-refractivity contribution in [3.05, 3.63) is 0 Å². The van der Waals surface area contributed by atoms with Gasteiger partial charge in [-0.2, -0.15) is 0 Å². The molecule has 0 aromatic rings. The highest BCUT2D eigenvalue weighted by atomic mass is 35.5. The Balaban J connectivity index is -0.0000000521. The number of carbonyl (C=O) groups is 5. The normalized spacial score (nSPS) is 6.77. The van der Waals surface area contributed by atoms with Crippen molar-refractivity contribution >= 4 is 52.0 Å². The van der Waals surface area contributed by atoms with Gasteiger partial charge in [0.15, 0.2) is 0 Å². The van der Waals surface area contributed by atoms with Gasteiger partial charge in [-0.05, 0) is 0 Å². The first-order valence-corrected chi connectivity index (χ1v) is 6.42. The summed E-state index contributed by atoms with van der Waals surface area (Å²) in [6.07, 6.45) is -0.312. The molecule has 0 aliphatic rings. The Bertz CT molecular complexity index is 339. The highest BCUT2D eigenvalue weighted by molar-refractivity contribution is 6.61. The number of halogens is 2. The van der Waals surface area contributed by atoms with E-state index in [0.717, 1.165) is 0 Å². The molecule has 0 aromatic heterocycles. The van der Waals surface area contributed by atoms with E-state index in [9.17, 15) is 24.0 Å². The number of esters is 3. The zero-order chi connectivity index (χ0) is 20.1. The molecule has 0 rings (SSSR count). The Morgan fingerprint density at radius 3 is 0.885 bits per heavy atom. The fourth-order valence-electron chi connectivity index (χ4n) is 0.262. The lowest BCUT2D eigenvalue weighted by molar-refractivity contribution is -0.151. The maximum absolute atomic E-state index is 10.3. The molecule has 0 spiro atoms. The third-order valence-corrected chi connectivity index (χ3v) is 1.66. The van der Waals surface area contributed by atoms with Crippen LogP contribution in [-0.2, 0) is 38.1 Å². The Hall–Kier alpha value is -2.07. The molecule has 0 atom stereocenters. The van der Waals surface area contributed by atoms with Gasteiger partial charge in [-0.1, -0.05) is 14.9 Å². The molecule has 0 heterocycles. The van der Waals surface area contributed by atoms with E-state index in [-0.39, 0.29) is 27.2 Å². The lowest BCUT2D eigenvalue weighted by Crippen LogP contribution is -2.09. The van der Waals surface area contributed by atoms with Crippen LogP contribution in [-0.4, -0.2) is 64.3 Å². The van der Waals surface area contributed by atoms with Gasteiger partial charge in [0.1, 0.15) is 6.42 Å². The monoisotopic (exact) mass is 426 g/mol. The summed E-state index contributed by atoms with van der Waals surface area (Å²) in [6, 6.07) is 0. The second-order valence-corrected chi connectivity index (χ2v) is 3.53. The lowest BCUT2D eigenvalue weighted by Gasteiger charge is -1.95. The summed E-state index contributed by atoms with van der Waals surface area (Å²) >= 11 is 9.20. The number of rotatable bonds is 2. The second-order valence-electron chi connectivity index (χ2n) is 2.91. The fraction of sp³-hybridized carbons (Fsp3) is 0.643.